The maximum absolute atomic E-state index is 13.4. The van der Waals surface area contributed by atoms with E-state index in [0.717, 1.165) is 16.9 Å². The Bertz CT molecular complexity index is 555. The highest BCUT2D eigenvalue weighted by Gasteiger charge is 2.11. The molecule has 106 valence electrons. The van der Waals surface area contributed by atoms with Crippen molar-refractivity contribution >= 4 is 5.69 Å². The number of hydrogen-bond donors (Lipinski definition) is 1. The number of nitrogens with zero attached hydrogens (tertiary/aromatic N) is 2. The normalized spacial score (nSPS) is 12.2. The molecule has 2 N–H and O–H groups in total. The van der Waals surface area contributed by atoms with Crippen LogP contribution in [0.1, 0.15) is 18.2 Å². The van der Waals surface area contributed by atoms with Gasteiger partial charge in [-0.1, -0.05) is 6.07 Å². The molecule has 20 heavy (non-hydrogen) atoms. The van der Waals surface area contributed by atoms with Crippen molar-refractivity contribution in [1.82, 2.24) is 4.98 Å². The molecule has 0 aliphatic rings. The standard InChI is InChI=1S/C16H20FN3/c1-12(18)9-13-10-14(17)6-7-16(13)20(2)11-15-5-3-4-8-19-15/h3-8,10,12H,9,11,18H2,1-2H3. The Morgan fingerprint density at radius 2 is 2.10 bits per heavy atom. The van der Waals surface area contributed by atoms with Crippen molar-refractivity contribution in [2.24, 2.45) is 5.73 Å². The molecule has 0 fully saturated rings. The fraction of sp³-hybridized carbons (Fsp3) is 0.312. The molecular weight excluding hydrogens is 253 g/mol. The fourth-order valence-corrected chi connectivity index (χ4v) is 2.26. The molecule has 1 aromatic heterocycles. The highest BCUT2D eigenvalue weighted by Crippen LogP contribution is 2.23. The predicted molar refractivity (Wildman–Crippen MR) is 80.1 cm³/mol. The van der Waals surface area contributed by atoms with E-state index in [0.29, 0.717) is 13.0 Å². The molecule has 0 spiro atoms. The highest BCUT2D eigenvalue weighted by molar-refractivity contribution is 5.53. The van der Waals surface area contributed by atoms with Crippen molar-refractivity contribution in [2.45, 2.75) is 25.9 Å². The average Bonchev–Trinajstić information content (AvgIpc) is 2.39. The van der Waals surface area contributed by atoms with Crippen molar-refractivity contribution in [3.8, 4) is 0 Å². The van der Waals surface area contributed by atoms with E-state index in [-0.39, 0.29) is 11.9 Å². The molecule has 0 saturated heterocycles. The maximum atomic E-state index is 13.4. The molecule has 0 aliphatic heterocycles. The summed E-state index contributed by atoms with van der Waals surface area (Å²) < 4.78 is 13.4. The van der Waals surface area contributed by atoms with Gasteiger partial charge in [0.2, 0.25) is 0 Å². The quantitative estimate of drug-likeness (QED) is 0.911. The van der Waals surface area contributed by atoms with Crippen LogP contribution in [0.15, 0.2) is 42.6 Å². The van der Waals surface area contributed by atoms with Gasteiger partial charge in [0.25, 0.3) is 0 Å². The summed E-state index contributed by atoms with van der Waals surface area (Å²) in [4.78, 5) is 6.38. The highest BCUT2D eigenvalue weighted by atomic mass is 19.1. The minimum atomic E-state index is -0.226. The van der Waals surface area contributed by atoms with Gasteiger partial charge in [0.1, 0.15) is 5.82 Å². The SMILES string of the molecule is CC(N)Cc1cc(F)ccc1N(C)Cc1ccccn1. The summed E-state index contributed by atoms with van der Waals surface area (Å²) in [6, 6.07) is 10.7. The molecule has 0 amide bonds. The molecule has 0 radical (unpaired) electrons. The van der Waals surface area contributed by atoms with Crippen molar-refractivity contribution in [2.75, 3.05) is 11.9 Å². The summed E-state index contributed by atoms with van der Waals surface area (Å²) in [5.41, 5.74) is 8.74. The number of nitrogens with two attached hydrogens (primary N) is 1. The molecule has 1 atom stereocenters. The molecular formula is C16H20FN3. The van der Waals surface area contributed by atoms with Gasteiger partial charge in [-0.15, -0.1) is 0 Å². The number of hydrogen-bond acceptors (Lipinski definition) is 3. The Labute approximate surface area is 119 Å². The van der Waals surface area contributed by atoms with Gasteiger partial charge in [-0.25, -0.2) is 4.39 Å². The minimum absolute atomic E-state index is 0.00111. The molecule has 0 saturated carbocycles. The molecule has 4 heteroatoms. The maximum Gasteiger partial charge on any atom is 0.123 e. The van der Waals surface area contributed by atoms with Crippen LogP contribution in [0.25, 0.3) is 0 Å². The number of halogens is 1. The lowest BCUT2D eigenvalue weighted by Gasteiger charge is -2.23. The van der Waals surface area contributed by atoms with Gasteiger partial charge in [-0.05, 0) is 49.2 Å². The van der Waals surface area contributed by atoms with Crippen LogP contribution in [0.2, 0.25) is 0 Å². The van der Waals surface area contributed by atoms with Gasteiger partial charge in [0.15, 0.2) is 0 Å². The number of benzene rings is 1. The van der Waals surface area contributed by atoms with Crippen LogP contribution in [0.4, 0.5) is 10.1 Å². The van der Waals surface area contributed by atoms with Gasteiger partial charge in [-0.3, -0.25) is 4.98 Å². The molecule has 2 rings (SSSR count). The molecule has 0 bridgehead atoms. The van der Waals surface area contributed by atoms with Crippen molar-refractivity contribution in [3.05, 3.63) is 59.7 Å². The minimum Gasteiger partial charge on any atom is -0.368 e. The summed E-state index contributed by atoms with van der Waals surface area (Å²) in [7, 11) is 1.98. The summed E-state index contributed by atoms with van der Waals surface area (Å²) in [6.45, 7) is 2.60. The molecule has 1 heterocycles. The Morgan fingerprint density at radius 3 is 2.75 bits per heavy atom. The number of anilines is 1. The van der Waals surface area contributed by atoms with Crippen molar-refractivity contribution in [3.63, 3.8) is 0 Å². The van der Waals surface area contributed by atoms with Gasteiger partial charge in [-0.2, -0.15) is 0 Å². The van der Waals surface area contributed by atoms with Crippen LogP contribution in [-0.2, 0) is 13.0 Å². The predicted octanol–water partition coefficient (Wildman–Crippen LogP) is 2.75. The Hall–Kier alpha value is -1.94. The lowest BCUT2D eigenvalue weighted by Crippen LogP contribution is -2.23. The zero-order chi connectivity index (χ0) is 14.5. The first-order valence-corrected chi connectivity index (χ1v) is 6.71. The van der Waals surface area contributed by atoms with Gasteiger partial charge < -0.3 is 10.6 Å². The van der Waals surface area contributed by atoms with Crippen LogP contribution in [-0.4, -0.2) is 18.1 Å². The molecule has 3 nitrogen and oxygen atoms in total. The Kier molecular flexibility index (Phi) is 4.69. The van der Waals surface area contributed by atoms with E-state index in [9.17, 15) is 4.39 Å². The third-order valence-electron chi connectivity index (χ3n) is 3.12. The molecule has 1 unspecified atom stereocenters. The summed E-state index contributed by atoms with van der Waals surface area (Å²) in [5, 5.41) is 0. The average molecular weight is 273 g/mol. The van der Waals surface area contributed by atoms with E-state index < -0.39 is 0 Å². The van der Waals surface area contributed by atoms with E-state index in [2.05, 4.69) is 9.88 Å². The monoisotopic (exact) mass is 273 g/mol. The van der Waals surface area contributed by atoms with Gasteiger partial charge >= 0.3 is 0 Å². The van der Waals surface area contributed by atoms with Gasteiger partial charge in [0, 0.05) is 25.0 Å². The summed E-state index contributed by atoms with van der Waals surface area (Å²) in [6.07, 6.45) is 2.43. The third-order valence-corrected chi connectivity index (χ3v) is 3.12. The summed E-state index contributed by atoms with van der Waals surface area (Å²) >= 11 is 0. The van der Waals surface area contributed by atoms with Crippen LogP contribution in [0, 0.1) is 5.82 Å². The first-order valence-electron chi connectivity index (χ1n) is 6.71. The fourth-order valence-electron chi connectivity index (χ4n) is 2.26. The van der Waals surface area contributed by atoms with E-state index in [1.54, 1.807) is 18.3 Å². The van der Waals surface area contributed by atoms with E-state index in [1.165, 1.54) is 6.07 Å². The van der Waals surface area contributed by atoms with E-state index in [1.807, 2.05) is 32.2 Å². The zero-order valence-corrected chi connectivity index (χ0v) is 11.9. The number of aromatic nitrogens is 1. The van der Waals surface area contributed by atoms with Crippen LogP contribution in [0.3, 0.4) is 0 Å². The molecule has 0 aliphatic carbocycles. The van der Waals surface area contributed by atoms with Crippen molar-refractivity contribution < 1.29 is 4.39 Å². The van der Waals surface area contributed by atoms with Crippen LogP contribution >= 0.6 is 0 Å². The Balaban J connectivity index is 2.22. The van der Waals surface area contributed by atoms with Crippen molar-refractivity contribution in [1.29, 1.82) is 0 Å². The number of pyridine rings is 1. The van der Waals surface area contributed by atoms with Gasteiger partial charge in [0.05, 0.1) is 12.2 Å². The zero-order valence-electron chi connectivity index (χ0n) is 11.9. The second kappa shape index (κ2) is 6.48. The van der Waals surface area contributed by atoms with Crippen LogP contribution in [0.5, 0.6) is 0 Å². The van der Waals surface area contributed by atoms with E-state index in [4.69, 9.17) is 5.73 Å². The first-order chi connectivity index (χ1) is 9.56. The second-order valence-electron chi connectivity index (χ2n) is 5.13. The lowest BCUT2D eigenvalue weighted by atomic mass is 10.0. The van der Waals surface area contributed by atoms with E-state index >= 15 is 0 Å². The van der Waals surface area contributed by atoms with Crippen LogP contribution < -0.4 is 10.6 Å². The smallest absolute Gasteiger partial charge is 0.123 e. The third kappa shape index (κ3) is 3.78. The molecule has 2 aromatic rings. The topological polar surface area (TPSA) is 42.1 Å². The lowest BCUT2D eigenvalue weighted by molar-refractivity contribution is 0.622. The summed E-state index contributed by atoms with van der Waals surface area (Å²) in [5.74, 6) is -0.226. The second-order valence-corrected chi connectivity index (χ2v) is 5.13. The number of rotatable bonds is 5. The largest absolute Gasteiger partial charge is 0.368 e. The Morgan fingerprint density at radius 1 is 1.30 bits per heavy atom. The molecule has 1 aromatic carbocycles. The first kappa shape index (κ1) is 14.5.